The van der Waals surface area contributed by atoms with Crippen molar-refractivity contribution >= 4 is 74.3 Å². The molecule has 0 amide bonds. The van der Waals surface area contributed by atoms with Crippen LogP contribution in [0.15, 0.2) is 170 Å². The average Bonchev–Trinajstić information content (AvgIpc) is 1.09. The molecule has 14 rings (SSSR count). The van der Waals surface area contributed by atoms with Gasteiger partial charge in [0.05, 0.1) is 11.4 Å². The lowest BCUT2D eigenvalue weighted by atomic mass is 9.33. The molecule has 0 atom stereocenters. The molecule has 4 heteroatoms. The van der Waals surface area contributed by atoms with Gasteiger partial charge in [-0.15, -0.1) is 0 Å². The first kappa shape index (κ1) is 55.3. The maximum absolute atomic E-state index is 2.76. The van der Waals surface area contributed by atoms with Crippen molar-refractivity contribution in [2.75, 3.05) is 14.7 Å². The molecular formula is C81H86BN3. The normalized spacial score (nSPS) is 17.0. The first-order valence-electron chi connectivity index (χ1n) is 31.5. The Labute approximate surface area is 509 Å². The van der Waals surface area contributed by atoms with Crippen LogP contribution in [0, 0.1) is 6.92 Å². The van der Waals surface area contributed by atoms with Crippen LogP contribution in [-0.4, -0.2) is 6.71 Å². The molecule has 85 heavy (non-hydrogen) atoms. The molecule has 3 aliphatic carbocycles. The summed E-state index contributed by atoms with van der Waals surface area (Å²) in [6, 6.07) is 67.7. The van der Waals surface area contributed by atoms with Gasteiger partial charge in [0.2, 0.25) is 0 Å². The SMILES string of the molecule is Cc1cc2c(cc1N1c3cc4c(cc3B3c5cc(C(C)(C)C)ccc5N(c5cccc6c5-c5ccccc5C6)c5cc(N(c6ccc(C(C)(C)C)cc6)c6ccc(C(C)(C)C)cc6)cc1c53)C(C)(C)c1ccccc1C4(C)C)C(C)(C)CC2(C)C. The summed E-state index contributed by atoms with van der Waals surface area (Å²) in [5.41, 5.74) is 33.5. The minimum absolute atomic E-state index is 0.00548. The summed E-state index contributed by atoms with van der Waals surface area (Å²) in [6.07, 6.45) is 2.01. The Bertz CT molecular complexity index is 4200. The molecule has 428 valence electrons. The molecule has 0 saturated heterocycles. The summed E-state index contributed by atoms with van der Waals surface area (Å²) in [4.78, 5) is 8.02. The van der Waals surface area contributed by atoms with Crippen molar-refractivity contribution in [1.29, 1.82) is 0 Å². The lowest BCUT2D eigenvalue weighted by molar-refractivity contribution is 0.403. The van der Waals surface area contributed by atoms with E-state index in [-0.39, 0.29) is 44.6 Å². The average molecular weight is 1110 g/mol. The van der Waals surface area contributed by atoms with E-state index in [4.69, 9.17) is 0 Å². The Balaban J connectivity index is 1.16. The zero-order valence-electron chi connectivity index (χ0n) is 54.0. The van der Waals surface area contributed by atoms with Crippen LogP contribution in [0.4, 0.5) is 51.2 Å². The van der Waals surface area contributed by atoms with Crippen molar-refractivity contribution in [1.82, 2.24) is 0 Å². The number of fused-ring (bicyclic) bond motifs is 10. The van der Waals surface area contributed by atoms with Crippen LogP contribution < -0.4 is 31.1 Å². The molecular weight excluding hydrogens is 1030 g/mol. The number of benzene rings is 9. The fourth-order valence-corrected chi connectivity index (χ4v) is 16.4. The molecule has 9 aromatic rings. The maximum atomic E-state index is 2.76. The van der Waals surface area contributed by atoms with Crippen LogP contribution in [0.3, 0.4) is 0 Å². The molecule has 2 aliphatic heterocycles. The van der Waals surface area contributed by atoms with E-state index < -0.39 is 0 Å². The van der Waals surface area contributed by atoms with E-state index in [9.17, 15) is 0 Å². The molecule has 0 bridgehead atoms. The Hall–Kier alpha value is -7.56. The molecule has 0 saturated carbocycles. The van der Waals surface area contributed by atoms with E-state index in [1.165, 1.54) is 128 Å². The van der Waals surface area contributed by atoms with Crippen LogP contribution in [0.1, 0.15) is 191 Å². The topological polar surface area (TPSA) is 9.72 Å². The second-order valence-corrected chi connectivity index (χ2v) is 31.5. The predicted octanol–water partition coefficient (Wildman–Crippen LogP) is 19.9. The molecule has 5 aliphatic rings. The van der Waals surface area contributed by atoms with Gasteiger partial charge >= 0.3 is 0 Å². The van der Waals surface area contributed by atoms with Gasteiger partial charge in [-0.2, -0.15) is 0 Å². The van der Waals surface area contributed by atoms with Crippen molar-refractivity contribution in [2.45, 2.75) is 175 Å². The number of nitrogens with zero attached hydrogens (tertiary/aromatic N) is 3. The molecule has 0 unspecified atom stereocenters. The quantitative estimate of drug-likeness (QED) is 0.159. The fourth-order valence-electron chi connectivity index (χ4n) is 16.4. The molecule has 3 nitrogen and oxygen atoms in total. The fraction of sp³-hybridized carbons (Fsp3) is 0.333. The van der Waals surface area contributed by atoms with E-state index in [2.05, 4.69) is 309 Å². The molecule has 0 N–H and O–H groups in total. The highest BCUT2D eigenvalue weighted by Crippen LogP contribution is 2.58. The number of hydrogen-bond donors (Lipinski definition) is 0. The zero-order chi connectivity index (χ0) is 60.0. The van der Waals surface area contributed by atoms with Gasteiger partial charge in [0.15, 0.2) is 0 Å². The molecule has 0 aromatic heterocycles. The van der Waals surface area contributed by atoms with Gasteiger partial charge in [0, 0.05) is 56.2 Å². The van der Waals surface area contributed by atoms with Crippen LogP contribution in [0.2, 0.25) is 0 Å². The van der Waals surface area contributed by atoms with Crippen molar-refractivity contribution in [3.63, 3.8) is 0 Å². The summed E-state index contributed by atoms with van der Waals surface area (Å²) < 4.78 is 0. The van der Waals surface area contributed by atoms with Gasteiger partial charge in [-0.1, -0.05) is 227 Å². The number of hydrogen-bond acceptors (Lipinski definition) is 3. The molecule has 2 heterocycles. The van der Waals surface area contributed by atoms with Gasteiger partial charge in [-0.25, -0.2) is 0 Å². The summed E-state index contributed by atoms with van der Waals surface area (Å²) in [7, 11) is 0. The van der Waals surface area contributed by atoms with Gasteiger partial charge in [0.1, 0.15) is 0 Å². The van der Waals surface area contributed by atoms with Crippen LogP contribution in [-0.2, 0) is 44.3 Å². The molecule has 0 spiro atoms. The van der Waals surface area contributed by atoms with Gasteiger partial charge in [-0.3, -0.25) is 0 Å². The van der Waals surface area contributed by atoms with Gasteiger partial charge in [0.25, 0.3) is 6.71 Å². The van der Waals surface area contributed by atoms with Crippen molar-refractivity contribution in [2.24, 2.45) is 0 Å². The summed E-state index contributed by atoms with van der Waals surface area (Å²) in [5.74, 6) is 0. The van der Waals surface area contributed by atoms with Crippen molar-refractivity contribution < 1.29 is 0 Å². The Morgan fingerprint density at radius 3 is 1.45 bits per heavy atom. The molecule has 0 radical (unpaired) electrons. The van der Waals surface area contributed by atoms with E-state index in [0.717, 1.165) is 29.9 Å². The minimum Gasteiger partial charge on any atom is -0.311 e. The minimum atomic E-state index is -0.270. The maximum Gasteiger partial charge on any atom is 0.252 e. The first-order valence-corrected chi connectivity index (χ1v) is 31.5. The second-order valence-electron chi connectivity index (χ2n) is 31.5. The molecule has 0 fully saturated rings. The lowest BCUT2D eigenvalue weighted by Gasteiger charge is -2.49. The number of anilines is 9. The van der Waals surface area contributed by atoms with Crippen LogP contribution >= 0.6 is 0 Å². The van der Waals surface area contributed by atoms with Gasteiger partial charge in [-0.05, 0) is 196 Å². The van der Waals surface area contributed by atoms with Crippen molar-refractivity contribution in [3.8, 4) is 11.1 Å². The van der Waals surface area contributed by atoms with Gasteiger partial charge < -0.3 is 14.7 Å². The third-order valence-electron chi connectivity index (χ3n) is 20.9. The third-order valence-corrected chi connectivity index (χ3v) is 20.9. The van der Waals surface area contributed by atoms with E-state index in [1.54, 1.807) is 0 Å². The third kappa shape index (κ3) is 8.34. The first-order chi connectivity index (χ1) is 39.9. The highest BCUT2D eigenvalue weighted by Gasteiger charge is 2.50. The van der Waals surface area contributed by atoms with E-state index in [1.807, 2.05) is 0 Å². The predicted molar refractivity (Wildman–Crippen MR) is 366 cm³/mol. The van der Waals surface area contributed by atoms with E-state index in [0.29, 0.717) is 0 Å². The Morgan fingerprint density at radius 1 is 0.388 bits per heavy atom. The highest BCUT2D eigenvalue weighted by molar-refractivity contribution is 7.00. The van der Waals surface area contributed by atoms with Crippen LogP contribution in [0.5, 0.6) is 0 Å². The molecule has 9 aromatic carbocycles. The summed E-state index contributed by atoms with van der Waals surface area (Å²) >= 11 is 0. The monoisotopic (exact) mass is 1110 g/mol. The Morgan fingerprint density at radius 2 is 0.871 bits per heavy atom. The second kappa shape index (κ2) is 18.2. The largest absolute Gasteiger partial charge is 0.311 e. The lowest BCUT2D eigenvalue weighted by Crippen LogP contribution is -2.62. The number of aryl methyl sites for hydroxylation is 1. The standard InChI is InChI=1S/C81H86BN3/c1-49-40-61-62(79(13,14)48-78(61,11)12)46-69(49)85-70-47-64-63(80(15,16)59-27-21-22-28-60(59)81(64,17)18)45-66(70)82-65-42-54(77(8,9)10)34-39-67(65)84(68-29-23-25-51-41-50-24-19-20-26-58(50)73(51)68)71-43-57(44-72(85)74(71)82)83(55-35-30-52(31-36-55)75(2,3)4)56-37-32-53(33-38-56)76(5,6)7/h19-40,42-47H,41,48H2,1-18H3. The Kier molecular flexibility index (Phi) is 11.9. The number of rotatable bonds is 5. The van der Waals surface area contributed by atoms with E-state index >= 15 is 0 Å². The summed E-state index contributed by atoms with van der Waals surface area (Å²) in [6.45, 7) is 43.1. The smallest absolute Gasteiger partial charge is 0.252 e. The van der Waals surface area contributed by atoms with Crippen molar-refractivity contribution in [3.05, 3.63) is 237 Å². The zero-order valence-corrected chi connectivity index (χ0v) is 54.0. The van der Waals surface area contributed by atoms with Crippen LogP contribution in [0.25, 0.3) is 11.1 Å². The highest BCUT2D eigenvalue weighted by atomic mass is 15.2. The summed E-state index contributed by atoms with van der Waals surface area (Å²) in [5, 5.41) is 0.